The zero-order chi connectivity index (χ0) is 19.4. The Kier molecular flexibility index (Phi) is 6.22. The molecule has 0 radical (unpaired) electrons. The van der Waals surface area contributed by atoms with Crippen molar-refractivity contribution in [2.45, 2.75) is 25.9 Å². The summed E-state index contributed by atoms with van der Waals surface area (Å²) in [6.45, 7) is 2.26. The molecule has 144 valence electrons. The van der Waals surface area contributed by atoms with Gasteiger partial charge >= 0.3 is 0 Å². The maximum atomic E-state index is 12.8. The number of benzene rings is 2. The lowest BCUT2D eigenvalue weighted by Crippen LogP contribution is -2.43. The Bertz CT molecular complexity index is 895. The summed E-state index contributed by atoms with van der Waals surface area (Å²) in [5, 5.41) is 0. The Labute approximate surface area is 168 Å². The molecule has 1 aliphatic rings. The molecule has 2 aromatic rings. The van der Waals surface area contributed by atoms with Crippen LogP contribution in [-0.4, -0.2) is 43.4 Å². The van der Waals surface area contributed by atoms with Crippen molar-refractivity contribution in [1.29, 1.82) is 0 Å². The van der Waals surface area contributed by atoms with Crippen molar-refractivity contribution in [3.05, 3.63) is 64.1 Å². The van der Waals surface area contributed by atoms with E-state index in [1.807, 2.05) is 43.3 Å². The molecule has 1 amide bonds. The molecule has 0 aromatic heterocycles. The second kappa shape index (κ2) is 8.44. The number of aryl methyl sites for hydroxylation is 1. The highest BCUT2D eigenvalue weighted by molar-refractivity contribution is 9.10. The van der Waals surface area contributed by atoms with Gasteiger partial charge in [0.05, 0.1) is 11.5 Å². The first-order valence-electron chi connectivity index (χ1n) is 8.76. The van der Waals surface area contributed by atoms with E-state index in [0.717, 1.165) is 15.6 Å². The number of ether oxygens (including phenoxy) is 1. The van der Waals surface area contributed by atoms with E-state index in [1.165, 1.54) is 0 Å². The number of nitrogens with zero attached hydrogens (tertiary/aromatic N) is 1. The van der Waals surface area contributed by atoms with Crippen LogP contribution in [0.3, 0.4) is 0 Å². The fraction of sp³-hybridized carbons (Fsp3) is 0.350. The Morgan fingerprint density at radius 1 is 1.15 bits per heavy atom. The topological polar surface area (TPSA) is 63.7 Å². The van der Waals surface area contributed by atoms with Gasteiger partial charge in [-0.1, -0.05) is 45.8 Å². The SMILES string of the molecule is Cc1ccc(CN(C(=O)COc2ccc(Br)cc2)C2CCS(=O)(=O)C2)cc1. The molecular formula is C20H22BrNO4S. The molecule has 27 heavy (non-hydrogen) atoms. The molecule has 1 unspecified atom stereocenters. The molecule has 2 aromatic carbocycles. The molecule has 1 atom stereocenters. The van der Waals surface area contributed by atoms with Crippen molar-refractivity contribution in [2.75, 3.05) is 18.1 Å². The first kappa shape index (κ1) is 19.9. The van der Waals surface area contributed by atoms with Crippen LogP contribution in [0.15, 0.2) is 53.0 Å². The Morgan fingerprint density at radius 2 is 1.81 bits per heavy atom. The van der Waals surface area contributed by atoms with Crippen molar-refractivity contribution in [3.8, 4) is 5.75 Å². The lowest BCUT2D eigenvalue weighted by Gasteiger charge is -2.28. The number of sulfone groups is 1. The Morgan fingerprint density at radius 3 is 2.41 bits per heavy atom. The van der Waals surface area contributed by atoms with E-state index in [1.54, 1.807) is 17.0 Å². The highest BCUT2D eigenvalue weighted by Crippen LogP contribution is 2.21. The fourth-order valence-corrected chi connectivity index (χ4v) is 5.09. The number of carbonyl (C=O) groups excluding carboxylic acids is 1. The highest BCUT2D eigenvalue weighted by Gasteiger charge is 2.34. The minimum absolute atomic E-state index is 0.0168. The maximum Gasteiger partial charge on any atom is 0.261 e. The number of hydrogen-bond acceptors (Lipinski definition) is 4. The van der Waals surface area contributed by atoms with Gasteiger partial charge in [-0.05, 0) is 43.2 Å². The van der Waals surface area contributed by atoms with Crippen molar-refractivity contribution in [3.63, 3.8) is 0 Å². The summed E-state index contributed by atoms with van der Waals surface area (Å²) < 4.78 is 30.3. The third kappa shape index (κ3) is 5.56. The van der Waals surface area contributed by atoms with Gasteiger partial charge in [0.2, 0.25) is 0 Å². The van der Waals surface area contributed by atoms with Crippen LogP contribution < -0.4 is 4.74 Å². The summed E-state index contributed by atoms with van der Waals surface area (Å²) in [6.07, 6.45) is 0.470. The van der Waals surface area contributed by atoms with Crippen LogP contribution in [0.2, 0.25) is 0 Å². The summed E-state index contributed by atoms with van der Waals surface area (Å²) in [5.41, 5.74) is 2.11. The van der Waals surface area contributed by atoms with Crippen molar-refractivity contribution < 1.29 is 17.9 Å². The van der Waals surface area contributed by atoms with Crippen molar-refractivity contribution >= 4 is 31.7 Å². The van der Waals surface area contributed by atoms with Crippen LogP contribution in [0.5, 0.6) is 5.75 Å². The standard InChI is InChI=1S/C20H22BrNO4S/c1-15-2-4-16(5-3-15)12-22(18-10-11-27(24,25)14-18)20(23)13-26-19-8-6-17(21)7-9-19/h2-9,18H,10-14H2,1H3. The molecule has 1 saturated heterocycles. The summed E-state index contributed by atoms with van der Waals surface area (Å²) in [7, 11) is -3.08. The van der Waals surface area contributed by atoms with Gasteiger partial charge < -0.3 is 9.64 Å². The van der Waals surface area contributed by atoms with Crippen LogP contribution in [0.25, 0.3) is 0 Å². The van der Waals surface area contributed by atoms with E-state index in [2.05, 4.69) is 15.9 Å². The van der Waals surface area contributed by atoms with E-state index in [4.69, 9.17) is 4.74 Å². The molecular weight excluding hydrogens is 430 g/mol. The smallest absolute Gasteiger partial charge is 0.261 e. The monoisotopic (exact) mass is 451 g/mol. The van der Waals surface area contributed by atoms with Crippen LogP contribution in [0, 0.1) is 6.92 Å². The first-order chi connectivity index (χ1) is 12.8. The number of hydrogen-bond donors (Lipinski definition) is 0. The number of amides is 1. The normalized spacial score (nSPS) is 18.2. The van der Waals surface area contributed by atoms with Crippen LogP contribution in [0.1, 0.15) is 17.5 Å². The predicted molar refractivity (Wildman–Crippen MR) is 108 cm³/mol. The summed E-state index contributed by atoms with van der Waals surface area (Å²) in [4.78, 5) is 14.5. The zero-order valence-electron chi connectivity index (χ0n) is 15.1. The molecule has 1 fully saturated rings. The quantitative estimate of drug-likeness (QED) is 0.675. The average molecular weight is 452 g/mol. The van der Waals surface area contributed by atoms with Gasteiger partial charge in [0.1, 0.15) is 5.75 Å². The lowest BCUT2D eigenvalue weighted by atomic mass is 10.1. The number of carbonyl (C=O) groups is 1. The van der Waals surface area contributed by atoms with E-state index < -0.39 is 9.84 Å². The molecule has 0 bridgehead atoms. The predicted octanol–water partition coefficient (Wildman–Crippen LogP) is 3.35. The summed E-state index contributed by atoms with van der Waals surface area (Å²) in [6, 6.07) is 14.8. The molecule has 3 rings (SSSR count). The van der Waals surface area contributed by atoms with Gasteiger partial charge in [0.25, 0.3) is 5.91 Å². The minimum Gasteiger partial charge on any atom is -0.484 e. The molecule has 0 saturated carbocycles. The molecule has 0 aliphatic carbocycles. The Balaban J connectivity index is 1.72. The maximum absolute atomic E-state index is 12.8. The van der Waals surface area contributed by atoms with Crippen molar-refractivity contribution in [1.82, 2.24) is 4.90 Å². The third-order valence-corrected chi connectivity index (χ3v) is 6.90. The molecule has 1 aliphatic heterocycles. The van der Waals surface area contributed by atoms with E-state index in [0.29, 0.717) is 18.7 Å². The van der Waals surface area contributed by atoms with Crippen molar-refractivity contribution in [2.24, 2.45) is 0 Å². The second-order valence-electron chi connectivity index (χ2n) is 6.81. The molecule has 7 heteroatoms. The van der Waals surface area contributed by atoms with Gasteiger partial charge in [-0.3, -0.25) is 4.79 Å². The Hall–Kier alpha value is -1.86. The molecule has 1 heterocycles. The minimum atomic E-state index is -3.08. The largest absolute Gasteiger partial charge is 0.484 e. The van der Waals surface area contributed by atoms with E-state index in [9.17, 15) is 13.2 Å². The first-order valence-corrected chi connectivity index (χ1v) is 11.4. The van der Waals surface area contributed by atoms with Crippen LogP contribution in [-0.2, 0) is 21.2 Å². The average Bonchev–Trinajstić information content (AvgIpc) is 3.00. The lowest BCUT2D eigenvalue weighted by molar-refractivity contribution is -0.136. The highest BCUT2D eigenvalue weighted by atomic mass is 79.9. The van der Waals surface area contributed by atoms with Gasteiger partial charge in [0, 0.05) is 17.1 Å². The molecule has 0 N–H and O–H groups in total. The zero-order valence-corrected chi connectivity index (χ0v) is 17.5. The number of rotatable bonds is 6. The molecule has 0 spiro atoms. The van der Waals surface area contributed by atoms with E-state index in [-0.39, 0.29) is 30.1 Å². The summed E-state index contributed by atoms with van der Waals surface area (Å²) >= 11 is 3.36. The van der Waals surface area contributed by atoms with Gasteiger partial charge in [-0.25, -0.2) is 8.42 Å². The van der Waals surface area contributed by atoms with Crippen LogP contribution in [0.4, 0.5) is 0 Å². The second-order valence-corrected chi connectivity index (χ2v) is 9.95. The molecule has 5 nitrogen and oxygen atoms in total. The number of halogens is 1. The fourth-order valence-electron chi connectivity index (χ4n) is 3.09. The summed E-state index contributed by atoms with van der Waals surface area (Å²) in [5.74, 6) is 0.535. The van der Waals surface area contributed by atoms with Gasteiger partial charge in [-0.15, -0.1) is 0 Å². The van der Waals surface area contributed by atoms with Crippen LogP contribution >= 0.6 is 15.9 Å². The third-order valence-electron chi connectivity index (χ3n) is 4.62. The van der Waals surface area contributed by atoms with Gasteiger partial charge in [0.15, 0.2) is 16.4 Å². The van der Waals surface area contributed by atoms with Gasteiger partial charge in [-0.2, -0.15) is 0 Å². The van der Waals surface area contributed by atoms with E-state index >= 15 is 0 Å².